The van der Waals surface area contributed by atoms with Crippen LogP contribution in [0.5, 0.6) is 0 Å². The molecule has 120 valence electrons. The van der Waals surface area contributed by atoms with Crippen molar-refractivity contribution in [3.05, 3.63) is 47.0 Å². The summed E-state index contributed by atoms with van der Waals surface area (Å²) < 4.78 is 2.11. The highest BCUT2D eigenvalue weighted by Gasteiger charge is 2.22. The summed E-state index contributed by atoms with van der Waals surface area (Å²) in [5, 5.41) is 14.3. The smallest absolute Gasteiger partial charge is 0.315 e. The number of rotatable bonds is 3. The Hall–Kier alpha value is -2.37. The molecule has 23 heavy (non-hydrogen) atoms. The average molecular weight is 311 g/mol. The lowest BCUT2D eigenvalue weighted by Crippen LogP contribution is -2.39. The van der Waals surface area contributed by atoms with E-state index in [1.54, 1.807) is 0 Å². The summed E-state index contributed by atoms with van der Waals surface area (Å²) in [6, 6.07) is 8.33. The number of amides is 2. The van der Waals surface area contributed by atoms with Crippen LogP contribution in [-0.2, 0) is 25.9 Å². The molecule has 0 bridgehead atoms. The number of carbonyl (C=O) groups is 1. The van der Waals surface area contributed by atoms with E-state index >= 15 is 0 Å². The van der Waals surface area contributed by atoms with E-state index in [0.717, 1.165) is 50.3 Å². The van der Waals surface area contributed by atoms with Crippen LogP contribution in [0.2, 0.25) is 0 Å². The van der Waals surface area contributed by atoms with E-state index in [1.807, 2.05) is 6.07 Å². The van der Waals surface area contributed by atoms with Crippen molar-refractivity contribution in [1.29, 1.82) is 0 Å². The first-order chi connectivity index (χ1) is 11.3. The highest BCUT2D eigenvalue weighted by Crippen LogP contribution is 2.29. The van der Waals surface area contributed by atoms with Gasteiger partial charge in [-0.05, 0) is 36.8 Å². The van der Waals surface area contributed by atoms with Gasteiger partial charge in [0.05, 0.1) is 12.6 Å². The summed E-state index contributed by atoms with van der Waals surface area (Å²) in [6.45, 7) is 1.38. The molecule has 4 rings (SSSR count). The molecule has 2 heterocycles. The summed E-state index contributed by atoms with van der Waals surface area (Å²) in [4.78, 5) is 12.2. The number of hydrogen-bond acceptors (Lipinski definition) is 3. The number of aromatic nitrogens is 3. The van der Waals surface area contributed by atoms with Crippen molar-refractivity contribution in [3.63, 3.8) is 0 Å². The highest BCUT2D eigenvalue weighted by molar-refractivity contribution is 5.74. The summed E-state index contributed by atoms with van der Waals surface area (Å²) in [7, 11) is 0. The van der Waals surface area contributed by atoms with Crippen molar-refractivity contribution in [1.82, 2.24) is 25.4 Å². The maximum absolute atomic E-state index is 12.2. The number of nitrogens with zero attached hydrogens (tertiary/aromatic N) is 3. The number of nitrogens with one attached hydrogen (secondary N) is 2. The first-order valence-corrected chi connectivity index (χ1v) is 8.34. The first kappa shape index (κ1) is 14.2. The van der Waals surface area contributed by atoms with Crippen LogP contribution in [-0.4, -0.2) is 20.8 Å². The maximum atomic E-state index is 12.2. The third kappa shape index (κ3) is 2.81. The van der Waals surface area contributed by atoms with Gasteiger partial charge in [0.2, 0.25) is 0 Å². The van der Waals surface area contributed by atoms with Gasteiger partial charge >= 0.3 is 6.03 Å². The van der Waals surface area contributed by atoms with Crippen molar-refractivity contribution in [2.75, 3.05) is 0 Å². The number of carbonyl (C=O) groups excluding carboxylic acids is 1. The van der Waals surface area contributed by atoms with Crippen LogP contribution in [0.4, 0.5) is 4.79 Å². The molecule has 0 fully saturated rings. The minimum atomic E-state index is -0.137. The second-order valence-electron chi connectivity index (χ2n) is 6.26. The van der Waals surface area contributed by atoms with Crippen LogP contribution in [0, 0.1) is 0 Å². The Morgan fingerprint density at radius 2 is 2.13 bits per heavy atom. The molecular weight excluding hydrogens is 290 g/mol. The zero-order valence-electron chi connectivity index (χ0n) is 13.1. The van der Waals surface area contributed by atoms with E-state index in [9.17, 15) is 4.79 Å². The third-order valence-electron chi connectivity index (χ3n) is 4.77. The minimum absolute atomic E-state index is 0.101. The Bertz CT molecular complexity index is 724. The largest absolute Gasteiger partial charge is 0.331 e. The Balaban J connectivity index is 1.37. The molecular formula is C17H21N5O. The molecule has 1 aromatic heterocycles. The predicted molar refractivity (Wildman–Crippen MR) is 85.8 cm³/mol. The monoisotopic (exact) mass is 311 g/mol. The lowest BCUT2D eigenvalue weighted by atomic mass is 9.88. The zero-order chi connectivity index (χ0) is 15.6. The second kappa shape index (κ2) is 6.02. The SMILES string of the molecule is O=C(NCc1nnc2n1CCC2)NC1CCCc2ccccc21. The number of benzene rings is 1. The zero-order valence-corrected chi connectivity index (χ0v) is 13.1. The molecule has 6 heteroatoms. The fourth-order valence-electron chi connectivity index (χ4n) is 3.61. The molecule has 0 saturated heterocycles. The normalized spacial score (nSPS) is 19.0. The molecule has 6 nitrogen and oxygen atoms in total. The Morgan fingerprint density at radius 3 is 3.09 bits per heavy atom. The molecule has 1 aliphatic heterocycles. The quantitative estimate of drug-likeness (QED) is 0.912. The molecule has 1 aromatic carbocycles. The van der Waals surface area contributed by atoms with Crippen LogP contribution in [0.15, 0.2) is 24.3 Å². The van der Waals surface area contributed by atoms with E-state index in [0.29, 0.717) is 6.54 Å². The summed E-state index contributed by atoms with van der Waals surface area (Å²) >= 11 is 0. The van der Waals surface area contributed by atoms with Crippen molar-refractivity contribution in [3.8, 4) is 0 Å². The van der Waals surface area contributed by atoms with E-state index in [1.165, 1.54) is 11.1 Å². The van der Waals surface area contributed by atoms with Crippen LogP contribution < -0.4 is 10.6 Å². The van der Waals surface area contributed by atoms with Crippen LogP contribution >= 0.6 is 0 Å². The molecule has 1 atom stereocenters. The molecule has 0 radical (unpaired) electrons. The van der Waals surface area contributed by atoms with Gasteiger partial charge in [-0.1, -0.05) is 24.3 Å². The predicted octanol–water partition coefficient (Wildman–Crippen LogP) is 2.10. The van der Waals surface area contributed by atoms with Crippen molar-refractivity contribution >= 4 is 6.03 Å². The van der Waals surface area contributed by atoms with Crippen molar-refractivity contribution < 1.29 is 4.79 Å². The molecule has 2 amide bonds. The van der Waals surface area contributed by atoms with Gasteiger partial charge in [0, 0.05) is 13.0 Å². The number of hydrogen-bond donors (Lipinski definition) is 2. The molecule has 0 spiro atoms. The van der Waals surface area contributed by atoms with Gasteiger partial charge in [-0.2, -0.15) is 0 Å². The second-order valence-corrected chi connectivity index (χ2v) is 6.26. The van der Waals surface area contributed by atoms with E-state index in [4.69, 9.17) is 0 Å². The van der Waals surface area contributed by atoms with Gasteiger partial charge < -0.3 is 15.2 Å². The van der Waals surface area contributed by atoms with Crippen molar-refractivity contribution in [2.45, 2.75) is 51.2 Å². The van der Waals surface area contributed by atoms with Gasteiger partial charge in [0.25, 0.3) is 0 Å². The Morgan fingerprint density at radius 1 is 1.22 bits per heavy atom. The Kier molecular flexibility index (Phi) is 3.73. The average Bonchev–Trinajstić information content (AvgIpc) is 3.17. The number of urea groups is 1. The van der Waals surface area contributed by atoms with Gasteiger partial charge in [-0.25, -0.2) is 4.79 Å². The van der Waals surface area contributed by atoms with Gasteiger partial charge in [0.1, 0.15) is 5.82 Å². The molecule has 1 unspecified atom stereocenters. The topological polar surface area (TPSA) is 71.8 Å². The van der Waals surface area contributed by atoms with Crippen molar-refractivity contribution in [2.24, 2.45) is 0 Å². The Labute approximate surface area is 135 Å². The number of fused-ring (bicyclic) bond motifs is 2. The lowest BCUT2D eigenvalue weighted by molar-refractivity contribution is 0.234. The molecule has 2 N–H and O–H groups in total. The molecule has 2 aliphatic rings. The number of aryl methyl sites for hydroxylation is 2. The van der Waals surface area contributed by atoms with Crippen LogP contribution in [0.1, 0.15) is 48.1 Å². The van der Waals surface area contributed by atoms with E-state index in [2.05, 4.69) is 43.6 Å². The van der Waals surface area contributed by atoms with E-state index in [-0.39, 0.29) is 12.1 Å². The fourth-order valence-corrected chi connectivity index (χ4v) is 3.61. The maximum Gasteiger partial charge on any atom is 0.315 e. The van der Waals surface area contributed by atoms with Crippen LogP contribution in [0.25, 0.3) is 0 Å². The third-order valence-corrected chi connectivity index (χ3v) is 4.77. The standard InChI is InChI=1S/C17H21N5O/c23-17(18-11-16-21-20-15-9-4-10-22(15)16)19-14-8-3-6-12-5-1-2-7-13(12)14/h1-2,5,7,14H,3-4,6,8-11H2,(H2,18,19,23). The fraction of sp³-hybridized carbons (Fsp3) is 0.471. The molecule has 2 aromatic rings. The summed E-state index contributed by atoms with van der Waals surface area (Å²) in [5.74, 6) is 1.88. The summed E-state index contributed by atoms with van der Waals surface area (Å²) in [6.07, 6.45) is 5.30. The van der Waals surface area contributed by atoms with Gasteiger partial charge in [-0.3, -0.25) is 0 Å². The summed E-state index contributed by atoms with van der Waals surface area (Å²) in [5.41, 5.74) is 2.59. The minimum Gasteiger partial charge on any atom is -0.331 e. The molecule has 0 saturated carbocycles. The lowest BCUT2D eigenvalue weighted by Gasteiger charge is -2.26. The van der Waals surface area contributed by atoms with Crippen LogP contribution in [0.3, 0.4) is 0 Å². The highest BCUT2D eigenvalue weighted by atomic mass is 16.2. The van der Waals surface area contributed by atoms with E-state index < -0.39 is 0 Å². The van der Waals surface area contributed by atoms with Gasteiger partial charge in [0.15, 0.2) is 5.82 Å². The van der Waals surface area contributed by atoms with Gasteiger partial charge in [-0.15, -0.1) is 10.2 Å². The first-order valence-electron chi connectivity index (χ1n) is 8.34. The molecule has 1 aliphatic carbocycles.